The number of aryl methyl sites for hydroxylation is 1. The average molecular weight is 252 g/mol. The fourth-order valence-electron chi connectivity index (χ4n) is 1.36. The Hall–Kier alpha value is -1.36. The monoisotopic (exact) mass is 252 g/mol. The van der Waals surface area contributed by atoms with Crippen LogP contribution in [0.2, 0.25) is 0 Å². The van der Waals surface area contributed by atoms with Gasteiger partial charge in [-0.3, -0.25) is 0 Å². The quantitative estimate of drug-likeness (QED) is 0.779. The lowest BCUT2D eigenvalue weighted by Crippen LogP contribution is -1.91. The molecule has 1 aromatic carbocycles. The summed E-state index contributed by atoms with van der Waals surface area (Å²) in [5, 5.41) is 3.77. The highest BCUT2D eigenvalue weighted by Crippen LogP contribution is 2.35. The molecule has 0 radical (unpaired) electrons. The topological polar surface area (TPSA) is 38.9 Å². The molecule has 0 bridgehead atoms. The van der Waals surface area contributed by atoms with E-state index in [1.807, 2.05) is 19.9 Å². The molecule has 0 aliphatic carbocycles. The number of benzene rings is 1. The van der Waals surface area contributed by atoms with Gasteiger partial charge >= 0.3 is 0 Å². The van der Waals surface area contributed by atoms with Crippen LogP contribution in [0.3, 0.4) is 0 Å². The summed E-state index contributed by atoms with van der Waals surface area (Å²) in [5.74, 6) is 0.996. The van der Waals surface area contributed by atoms with Crippen LogP contribution in [0.5, 0.6) is 0 Å². The normalized spacial score (nSPS) is 12.6. The van der Waals surface area contributed by atoms with Gasteiger partial charge in [-0.05, 0) is 19.1 Å². The third-order valence-corrected chi connectivity index (χ3v) is 3.43. The van der Waals surface area contributed by atoms with Crippen LogP contribution in [0.15, 0.2) is 33.7 Å². The molecule has 1 heterocycles. The SMILES string of the molecule is CCc1noc(C(C)Sc2ccccc2F)n1. The molecular formula is C12H13FN2OS. The van der Waals surface area contributed by atoms with Gasteiger partial charge in [0.2, 0.25) is 5.89 Å². The Labute approximate surface area is 103 Å². The molecule has 0 N–H and O–H groups in total. The van der Waals surface area contributed by atoms with Crippen molar-refractivity contribution in [2.24, 2.45) is 0 Å². The smallest absolute Gasteiger partial charge is 0.239 e. The molecule has 5 heteroatoms. The molecule has 0 aliphatic rings. The highest BCUT2D eigenvalue weighted by Gasteiger charge is 2.16. The summed E-state index contributed by atoms with van der Waals surface area (Å²) < 4.78 is 18.6. The molecule has 0 aliphatic heterocycles. The molecule has 2 aromatic rings. The van der Waals surface area contributed by atoms with Gasteiger partial charge in [-0.15, -0.1) is 11.8 Å². The third kappa shape index (κ3) is 2.85. The van der Waals surface area contributed by atoms with E-state index in [4.69, 9.17) is 4.52 Å². The fraction of sp³-hybridized carbons (Fsp3) is 0.333. The second kappa shape index (κ2) is 5.31. The molecule has 1 atom stereocenters. The Balaban J connectivity index is 2.11. The Morgan fingerprint density at radius 2 is 2.18 bits per heavy atom. The van der Waals surface area contributed by atoms with Gasteiger partial charge in [-0.2, -0.15) is 4.98 Å². The second-order valence-corrected chi connectivity index (χ2v) is 4.98. The number of hydrogen-bond donors (Lipinski definition) is 0. The number of thioether (sulfide) groups is 1. The summed E-state index contributed by atoms with van der Waals surface area (Å²) in [6.07, 6.45) is 0.737. The van der Waals surface area contributed by atoms with Crippen LogP contribution < -0.4 is 0 Å². The molecule has 90 valence electrons. The maximum Gasteiger partial charge on any atom is 0.239 e. The van der Waals surface area contributed by atoms with Gasteiger partial charge in [0, 0.05) is 11.3 Å². The second-order valence-electron chi connectivity index (χ2n) is 3.59. The molecule has 0 spiro atoms. The van der Waals surface area contributed by atoms with Crippen LogP contribution in [0.25, 0.3) is 0 Å². The summed E-state index contributed by atoms with van der Waals surface area (Å²) in [6.45, 7) is 3.88. The van der Waals surface area contributed by atoms with Crippen molar-refractivity contribution in [3.05, 3.63) is 41.8 Å². The van der Waals surface area contributed by atoms with Crippen molar-refractivity contribution < 1.29 is 8.91 Å². The minimum atomic E-state index is -0.223. The Morgan fingerprint density at radius 3 is 2.82 bits per heavy atom. The predicted octanol–water partition coefficient (Wildman–Crippen LogP) is 3.62. The Morgan fingerprint density at radius 1 is 1.41 bits per heavy atom. The van der Waals surface area contributed by atoms with Crippen molar-refractivity contribution in [3.8, 4) is 0 Å². The molecular weight excluding hydrogens is 239 g/mol. The first-order valence-corrected chi connectivity index (χ1v) is 6.32. The largest absolute Gasteiger partial charge is 0.338 e. The molecule has 0 fully saturated rings. The summed E-state index contributed by atoms with van der Waals surface area (Å²) >= 11 is 1.38. The summed E-state index contributed by atoms with van der Waals surface area (Å²) in [4.78, 5) is 4.83. The number of aromatic nitrogens is 2. The lowest BCUT2D eigenvalue weighted by atomic mass is 10.3. The zero-order chi connectivity index (χ0) is 12.3. The van der Waals surface area contributed by atoms with Crippen LogP contribution >= 0.6 is 11.8 Å². The molecule has 0 amide bonds. The molecule has 0 saturated carbocycles. The van der Waals surface area contributed by atoms with Crippen molar-refractivity contribution >= 4 is 11.8 Å². The molecule has 2 rings (SSSR count). The zero-order valence-corrected chi connectivity index (χ0v) is 10.5. The minimum Gasteiger partial charge on any atom is -0.338 e. The molecule has 17 heavy (non-hydrogen) atoms. The molecule has 1 unspecified atom stereocenters. The standard InChI is InChI=1S/C12H13FN2OS/c1-3-11-14-12(16-15-11)8(2)17-10-7-5-4-6-9(10)13/h4-8H,3H2,1-2H3. The van der Waals surface area contributed by atoms with Gasteiger partial charge in [0.15, 0.2) is 5.82 Å². The molecule has 3 nitrogen and oxygen atoms in total. The lowest BCUT2D eigenvalue weighted by molar-refractivity contribution is 0.375. The minimum absolute atomic E-state index is 0.0558. The van der Waals surface area contributed by atoms with E-state index in [1.54, 1.807) is 12.1 Å². The first-order chi connectivity index (χ1) is 8.20. The Bertz CT molecular complexity index is 501. The van der Waals surface area contributed by atoms with Crippen molar-refractivity contribution in [2.75, 3.05) is 0 Å². The van der Waals surface area contributed by atoms with Crippen LogP contribution in [0.4, 0.5) is 4.39 Å². The van der Waals surface area contributed by atoms with E-state index < -0.39 is 0 Å². The van der Waals surface area contributed by atoms with Crippen molar-refractivity contribution in [1.82, 2.24) is 10.1 Å². The van der Waals surface area contributed by atoms with E-state index in [0.29, 0.717) is 16.6 Å². The number of halogens is 1. The van der Waals surface area contributed by atoms with Gasteiger partial charge in [0.1, 0.15) is 5.82 Å². The van der Waals surface area contributed by atoms with Crippen molar-refractivity contribution in [2.45, 2.75) is 30.4 Å². The van der Waals surface area contributed by atoms with Gasteiger partial charge in [0.25, 0.3) is 0 Å². The third-order valence-electron chi connectivity index (χ3n) is 2.29. The van der Waals surface area contributed by atoms with Gasteiger partial charge in [-0.1, -0.05) is 24.2 Å². The Kier molecular flexibility index (Phi) is 3.78. The zero-order valence-electron chi connectivity index (χ0n) is 9.68. The summed E-state index contributed by atoms with van der Waals surface area (Å²) in [6, 6.07) is 6.67. The highest BCUT2D eigenvalue weighted by molar-refractivity contribution is 7.99. The van der Waals surface area contributed by atoms with Crippen molar-refractivity contribution in [1.29, 1.82) is 0 Å². The van der Waals surface area contributed by atoms with Crippen molar-refractivity contribution in [3.63, 3.8) is 0 Å². The average Bonchev–Trinajstić information content (AvgIpc) is 2.81. The van der Waals surface area contributed by atoms with Crippen LogP contribution in [0, 0.1) is 5.82 Å². The van der Waals surface area contributed by atoms with E-state index in [9.17, 15) is 4.39 Å². The summed E-state index contributed by atoms with van der Waals surface area (Å²) in [5.41, 5.74) is 0. The first kappa shape index (κ1) is 12.1. The van der Waals surface area contributed by atoms with Gasteiger partial charge in [-0.25, -0.2) is 4.39 Å². The number of hydrogen-bond acceptors (Lipinski definition) is 4. The van der Waals surface area contributed by atoms with E-state index in [-0.39, 0.29) is 11.1 Å². The van der Waals surface area contributed by atoms with Crippen LogP contribution in [-0.2, 0) is 6.42 Å². The van der Waals surface area contributed by atoms with Crippen LogP contribution in [-0.4, -0.2) is 10.1 Å². The number of rotatable bonds is 4. The van der Waals surface area contributed by atoms with Gasteiger partial charge in [0.05, 0.1) is 5.25 Å². The highest BCUT2D eigenvalue weighted by atomic mass is 32.2. The number of nitrogens with zero attached hydrogens (tertiary/aromatic N) is 2. The van der Waals surface area contributed by atoms with Gasteiger partial charge < -0.3 is 4.52 Å². The lowest BCUT2D eigenvalue weighted by Gasteiger charge is -2.06. The fourth-order valence-corrected chi connectivity index (χ4v) is 2.27. The first-order valence-electron chi connectivity index (χ1n) is 5.44. The summed E-state index contributed by atoms with van der Waals surface area (Å²) in [7, 11) is 0. The van der Waals surface area contributed by atoms with Crippen LogP contribution in [0.1, 0.15) is 30.8 Å². The molecule has 0 saturated heterocycles. The maximum atomic E-state index is 13.4. The maximum absolute atomic E-state index is 13.4. The van der Waals surface area contributed by atoms with E-state index in [2.05, 4.69) is 10.1 Å². The molecule has 1 aromatic heterocycles. The van der Waals surface area contributed by atoms with E-state index in [0.717, 1.165) is 6.42 Å². The van der Waals surface area contributed by atoms with E-state index >= 15 is 0 Å². The van der Waals surface area contributed by atoms with E-state index in [1.165, 1.54) is 17.8 Å². The predicted molar refractivity (Wildman–Crippen MR) is 64.3 cm³/mol.